The number of hydrogen-bond acceptors (Lipinski definition) is 1. The summed E-state index contributed by atoms with van der Waals surface area (Å²) in [4.78, 5) is 25.1. The maximum atomic E-state index is 12.6. The van der Waals surface area contributed by atoms with E-state index in [1.165, 1.54) is 49.8 Å². The second-order valence-corrected chi connectivity index (χ2v) is 35.8. The van der Waals surface area contributed by atoms with Gasteiger partial charge >= 0.3 is 113 Å². The van der Waals surface area contributed by atoms with Crippen LogP contribution >= 0.6 is 0 Å². The molecule has 0 radical (unpaired) electrons. The number of hydrogen-bond donors (Lipinski definition) is 0. The van der Waals surface area contributed by atoms with Gasteiger partial charge in [0.15, 0.2) is 0 Å². The van der Waals surface area contributed by atoms with E-state index in [9.17, 15) is 4.79 Å². The van der Waals surface area contributed by atoms with E-state index in [0.717, 1.165) is 16.3 Å². The SMILES string of the molecule is O=C(CC[C]12[CH]3[CH]4[CH]5[CH]1[Fe]45321678[CH]2[CH]1[CH]6[CH]7[CH]28)c1ccccc1. The van der Waals surface area contributed by atoms with Gasteiger partial charge in [0.2, 0.25) is 0 Å². The minimum absolute atomic E-state index is 0.437. The Balaban J connectivity index is 1.13. The van der Waals surface area contributed by atoms with Crippen molar-refractivity contribution < 1.29 is 11.3 Å². The zero-order valence-corrected chi connectivity index (χ0v) is 12.9. The van der Waals surface area contributed by atoms with Crippen LogP contribution in [-0.4, -0.2) is 5.78 Å². The number of rotatable bonds is 4. The molecule has 10 saturated heterocycles. The Morgan fingerprint density at radius 1 is 0.905 bits per heavy atom. The van der Waals surface area contributed by atoms with Crippen molar-refractivity contribution >= 4 is 5.78 Å². The molecule has 2 heteroatoms. The number of fused-ring (bicyclic) bond motifs is 10. The summed E-state index contributed by atoms with van der Waals surface area (Å²) < 4.78 is 0.934. The van der Waals surface area contributed by atoms with E-state index in [1.54, 1.807) is 0 Å². The first kappa shape index (κ1) is 8.31. The van der Waals surface area contributed by atoms with Crippen LogP contribution in [0.25, 0.3) is 0 Å². The molecule has 0 aliphatic carbocycles. The van der Waals surface area contributed by atoms with Crippen molar-refractivity contribution in [1.29, 1.82) is 0 Å². The van der Waals surface area contributed by atoms with Gasteiger partial charge < -0.3 is 0 Å². The van der Waals surface area contributed by atoms with Gasteiger partial charge in [-0.25, -0.2) is 0 Å². The van der Waals surface area contributed by atoms with Gasteiger partial charge in [0.25, 0.3) is 0 Å². The van der Waals surface area contributed by atoms with E-state index in [1.807, 2.05) is 30.3 Å². The normalized spacial score (nSPS) is 98.4. The predicted octanol–water partition coefficient (Wildman–Crippen LogP) is 5.41. The molecular weight excluding hydrogens is 300 g/mol. The number of Topliss-reactive ketones (excluding diaryl/α,β-unsaturated/α-hetero) is 1. The summed E-state index contributed by atoms with van der Waals surface area (Å²) >= 11 is 0. The van der Waals surface area contributed by atoms with Gasteiger partial charge in [-0.3, -0.25) is 0 Å². The molecule has 11 rings (SSSR count). The third-order valence-electron chi connectivity index (χ3n) is 16.8. The second-order valence-electron chi connectivity index (χ2n) is 12.1. The van der Waals surface area contributed by atoms with Crippen LogP contribution in [-0.2, 0) is 6.51 Å². The van der Waals surface area contributed by atoms with E-state index >= 15 is 0 Å². The third kappa shape index (κ3) is 0.111. The summed E-state index contributed by atoms with van der Waals surface area (Å²) in [5.41, 5.74) is 0.962. The predicted molar refractivity (Wildman–Crippen MR) is 76.4 cm³/mol. The Morgan fingerprint density at radius 3 is 1.90 bits per heavy atom. The molecule has 0 aromatic heterocycles. The Kier molecular flexibility index (Phi) is 0.319. The molecular formula is C19H18FeO. The molecule has 108 valence electrons. The van der Waals surface area contributed by atoms with Crippen LogP contribution in [0.15, 0.2) is 30.3 Å². The average molecular weight is 318 g/mol. The third-order valence-corrected chi connectivity index (χ3v) is 59.9. The summed E-state index contributed by atoms with van der Waals surface area (Å²) in [5.74, 6) is 0.437. The van der Waals surface area contributed by atoms with E-state index in [-0.39, 0.29) is 0 Å². The molecule has 1 spiro atoms. The fourth-order valence-corrected chi connectivity index (χ4v) is 93.7. The van der Waals surface area contributed by atoms with E-state index in [4.69, 9.17) is 0 Å². The van der Waals surface area contributed by atoms with Crippen molar-refractivity contribution in [3.8, 4) is 0 Å². The monoisotopic (exact) mass is 318 g/mol. The van der Waals surface area contributed by atoms with Crippen molar-refractivity contribution in [3.63, 3.8) is 0 Å². The number of ketones is 1. The van der Waals surface area contributed by atoms with Crippen molar-refractivity contribution in [2.75, 3.05) is 0 Å². The fourth-order valence-electron chi connectivity index (χ4n) is 18.4. The average Bonchev–Trinajstić information content (AvgIpc) is 3.47. The molecule has 1 nitrogen and oxygen atoms in total. The van der Waals surface area contributed by atoms with E-state index < -0.39 is 6.51 Å². The van der Waals surface area contributed by atoms with Gasteiger partial charge in [-0.05, 0) is 0 Å². The molecule has 21 heavy (non-hydrogen) atoms. The van der Waals surface area contributed by atoms with Crippen molar-refractivity contribution in [1.82, 2.24) is 0 Å². The van der Waals surface area contributed by atoms with Crippen molar-refractivity contribution in [2.24, 2.45) is 0 Å². The molecule has 10 heterocycles. The van der Waals surface area contributed by atoms with Crippen LogP contribution in [0.5, 0.6) is 0 Å². The van der Waals surface area contributed by atoms with Crippen LogP contribution in [0.1, 0.15) is 23.2 Å². The molecule has 1 aromatic rings. The van der Waals surface area contributed by atoms with Gasteiger partial charge in [0.05, 0.1) is 0 Å². The summed E-state index contributed by atoms with van der Waals surface area (Å²) in [7, 11) is 0. The van der Waals surface area contributed by atoms with Crippen LogP contribution in [0.3, 0.4) is 0 Å². The van der Waals surface area contributed by atoms with Gasteiger partial charge in [-0.15, -0.1) is 0 Å². The van der Waals surface area contributed by atoms with Gasteiger partial charge in [0, 0.05) is 0 Å². The summed E-state index contributed by atoms with van der Waals surface area (Å²) in [6.07, 6.45) is 2.24. The van der Waals surface area contributed by atoms with Crippen LogP contribution < -0.4 is 0 Å². The van der Waals surface area contributed by atoms with Crippen LogP contribution in [0.2, 0.25) is 47.7 Å². The Labute approximate surface area is 113 Å². The van der Waals surface area contributed by atoms with Gasteiger partial charge in [-0.2, -0.15) is 0 Å². The Hall–Kier alpha value is -0.591. The quantitative estimate of drug-likeness (QED) is 0.536. The molecule has 0 amide bonds. The number of benzene rings is 1. The zero-order chi connectivity index (χ0) is 13.1. The summed E-state index contributed by atoms with van der Waals surface area (Å²) in [6, 6.07) is 10.1. The Morgan fingerprint density at radius 2 is 1.48 bits per heavy atom. The number of carbonyl (C=O) groups is 1. The molecule has 0 bridgehead atoms. The molecule has 0 N–H and O–H groups in total. The summed E-state index contributed by atoms with van der Waals surface area (Å²) in [6.45, 7) is -2.89. The topological polar surface area (TPSA) is 17.1 Å². The zero-order valence-electron chi connectivity index (χ0n) is 11.8. The van der Waals surface area contributed by atoms with Crippen LogP contribution in [0.4, 0.5) is 0 Å². The first-order valence-corrected chi connectivity index (χ1v) is 15.1. The fraction of sp³-hybridized carbons (Fsp3) is 0.632. The summed E-state index contributed by atoms with van der Waals surface area (Å²) in [5, 5.41) is 0. The van der Waals surface area contributed by atoms with Crippen molar-refractivity contribution in [2.45, 2.75) is 60.5 Å². The number of carbonyl (C=O) groups excluding carboxylic acids is 1. The maximum absolute atomic E-state index is 12.6. The molecule has 4 atom stereocenters. The molecule has 0 saturated carbocycles. The van der Waals surface area contributed by atoms with E-state index in [2.05, 4.69) is 0 Å². The molecule has 10 aliphatic heterocycles. The second kappa shape index (κ2) is 0.805. The molecule has 10 aliphatic rings. The van der Waals surface area contributed by atoms with Gasteiger partial charge in [-0.1, -0.05) is 0 Å². The first-order chi connectivity index (χ1) is 10.0. The Bertz CT molecular complexity index is 1150. The van der Waals surface area contributed by atoms with E-state index in [0.29, 0.717) is 5.78 Å². The van der Waals surface area contributed by atoms with Crippen molar-refractivity contribution in [3.05, 3.63) is 35.9 Å². The standard InChI is InChI=1S/C14H13O.C5H5.Fe/c15-14(13-8-2-1-3-9-13)11-10-12-6-4-5-7-12;1-2-4-5-3-1;/h1-9H,10-11H2;1-5H;. The van der Waals surface area contributed by atoms with Gasteiger partial charge in [0.1, 0.15) is 0 Å². The van der Waals surface area contributed by atoms with Crippen LogP contribution in [0, 0.1) is 0 Å². The minimum atomic E-state index is -2.89. The first-order valence-electron chi connectivity index (χ1n) is 8.83. The molecule has 4 unspecified atom stereocenters. The molecule has 1 aromatic carbocycles. The molecule has 10 fully saturated rings.